The topological polar surface area (TPSA) is 75.8 Å². The number of aromatic nitrogens is 1. The quantitative estimate of drug-likeness (QED) is 0.595. The predicted molar refractivity (Wildman–Crippen MR) is 102 cm³/mol. The van der Waals surface area contributed by atoms with Gasteiger partial charge >= 0.3 is 6.36 Å². The molecule has 0 radical (unpaired) electrons. The maximum Gasteiger partial charge on any atom is 0.573 e. The average molecular weight is 393 g/mol. The lowest BCUT2D eigenvalue weighted by molar-refractivity contribution is -0.274. The lowest BCUT2D eigenvalue weighted by Gasteiger charge is -2.27. The number of aliphatic imine (C=N–C) groups is 1. The van der Waals surface area contributed by atoms with E-state index in [1.807, 2.05) is 12.1 Å². The first kappa shape index (κ1) is 19.8. The third kappa shape index (κ3) is 5.77. The number of nitrogens with two attached hydrogens (primary N) is 1. The highest BCUT2D eigenvalue weighted by molar-refractivity contribution is 5.93. The molecule has 0 bridgehead atoms. The van der Waals surface area contributed by atoms with Gasteiger partial charge in [0.15, 0.2) is 11.7 Å². The van der Waals surface area contributed by atoms with Gasteiger partial charge in [0.05, 0.1) is 12.2 Å². The van der Waals surface area contributed by atoms with Gasteiger partial charge in [0.2, 0.25) is 0 Å². The van der Waals surface area contributed by atoms with Crippen molar-refractivity contribution in [2.45, 2.75) is 32.2 Å². The standard InChI is InChI=1S/C19H22F3N5O/c20-19(21,22)28-16-7-3-2-6-15(16)26-18(23)25-13-14-8-9-24-17(12-14)27-10-4-1-5-11-27/h2-3,6-9,12H,1,4-5,10-11,13H2,(H3,23,25,26). The number of hydrogen-bond acceptors (Lipinski definition) is 4. The van der Waals surface area contributed by atoms with Gasteiger partial charge in [0.25, 0.3) is 0 Å². The minimum absolute atomic E-state index is 0.00504. The zero-order valence-corrected chi connectivity index (χ0v) is 15.2. The van der Waals surface area contributed by atoms with Crippen LogP contribution in [0.5, 0.6) is 5.75 Å². The van der Waals surface area contributed by atoms with Crippen molar-refractivity contribution in [2.24, 2.45) is 10.7 Å². The Morgan fingerprint density at radius 2 is 1.93 bits per heavy atom. The van der Waals surface area contributed by atoms with Crippen LogP contribution < -0.4 is 20.7 Å². The molecular weight excluding hydrogens is 371 g/mol. The average Bonchev–Trinajstić information content (AvgIpc) is 2.68. The number of anilines is 2. The summed E-state index contributed by atoms with van der Waals surface area (Å²) in [6.45, 7) is 2.25. The fourth-order valence-electron chi connectivity index (χ4n) is 2.99. The number of nitrogens with zero attached hydrogens (tertiary/aromatic N) is 3. The Bertz CT molecular complexity index is 819. The molecule has 0 atom stereocenters. The van der Waals surface area contributed by atoms with Crippen molar-refractivity contribution >= 4 is 17.5 Å². The van der Waals surface area contributed by atoms with Gasteiger partial charge in [-0.15, -0.1) is 13.2 Å². The van der Waals surface area contributed by atoms with E-state index >= 15 is 0 Å². The molecule has 0 aliphatic carbocycles. The van der Waals surface area contributed by atoms with Gasteiger partial charge in [-0.2, -0.15) is 0 Å². The molecule has 3 N–H and O–H groups in total. The van der Waals surface area contributed by atoms with Crippen molar-refractivity contribution in [2.75, 3.05) is 23.3 Å². The number of ether oxygens (including phenoxy) is 1. The van der Waals surface area contributed by atoms with Crippen molar-refractivity contribution < 1.29 is 17.9 Å². The van der Waals surface area contributed by atoms with Gasteiger partial charge in [-0.1, -0.05) is 12.1 Å². The first-order chi connectivity index (χ1) is 13.4. The van der Waals surface area contributed by atoms with Crippen LogP contribution in [0.25, 0.3) is 0 Å². The Morgan fingerprint density at radius 1 is 1.18 bits per heavy atom. The number of alkyl halides is 3. The second-order valence-electron chi connectivity index (χ2n) is 6.44. The molecule has 28 heavy (non-hydrogen) atoms. The number of benzene rings is 1. The first-order valence-electron chi connectivity index (χ1n) is 9.02. The summed E-state index contributed by atoms with van der Waals surface area (Å²) in [6.07, 6.45) is 0.485. The highest BCUT2D eigenvalue weighted by Gasteiger charge is 2.32. The highest BCUT2D eigenvalue weighted by atomic mass is 19.4. The molecule has 0 spiro atoms. The van der Waals surface area contributed by atoms with Gasteiger partial charge in [0, 0.05) is 19.3 Å². The molecule has 1 aliphatic rings. The molecule has 6 nitrogen and oxygen atoms in total. The summed E-state index contributed by atoms with van der Waals surface area (Å²) >= 11 is 0. The number of hydrogen-bond donors (Lipinski definition) is 2. The summed E-state index contributed by atoms with van der Waals surface area (Å²) in [5.41, 5.74) is 6.85. The second-order valence-corrected chi connectivity index (χ2v) is 6.44. The van der Waals surface area contributed by atoms with Gasteiger partial charge in [-0.3, -0.25) is 0 Å². The zero-order valence-electron chi connectivity index (χ0n) is 15.2. The van der Waals surface area contributed by atoms with Crippen LogP contribution in [-0.2, 0) is 6.54 Å². The number of guanidine groups is 1. The van der Waals surface area contributed by atoms with E-state index in [9.17, 15) is 13.2 Å². The van der Waals surface area contributed by atoms with Gasteiger partial charge < -0.3 is 20.7 Å². The molecule has 1 aromatic heterocycles. The van der Waals surface area contributed by atoms with Crippen LogP contribution in [0.15, 0.2) is 47.6 Å². The third-order valence-corrected chi connectivity index (χ3v) is 4.30. The molecule has 1 aromatic carbocycles. The highest BCUT2D eigenvalue weighted by Crippen LogP contribution is 2.29. The minimum Gasteiger partial charge on any atom is -0.404 e. The fraction of sp³-hybridized carbons (Fsp3) is 0.368. The summed E-state index contributed by atoms with van der Waals surface area (Å²) in [5.74, 6) is 0.529. The number of nitrogens with one attached hydrogen (secondary N) is 1. The summed E-state index contributed by atoms with van der Waals surface area (Å²) in [4.78, 5) is 10.9. The van der Waals surface area contributed by atoms with E-state index in [0.29, 0.717) is 0 Å². The van der Waals surface area contributed by atoms with Crippen LogP contribution in [0.3, 0.4) is 0 Å². The van der Waals surface area contributed by atoms with Crippen LogP contribution in [0.2, 0.25) is 0 Å². The predicted octanol–water partition coefficient (Wildman–Crippen LogP) is 3.90. The van der Waals surface area contributed by atoms with Crippen molar-refractivity contribution in [1.29, 1.82) is 0 Å². The molecule has 1 aliphatic heterocycles. The van der Waals surface area contributed by atoms with Crippen LogP contribution in [0.1, 0.15) is 24.8 Å². The van der Waals surface area contributed by atoms with E-state index in [1.165, 1.54) is 24.6 Å². The van der Waals surface area contributed by atoms with Crippen LogP contribution in [0.4, 0.5) is 24.7 Å². The maximum atomic E-state index is 12.5. The number of rotatable bonds is 5. The molecule has 2 aromatic rings. The first-order valence-corrected chi connectivity index (χ1v) is 9.02. The van der Waals surface area contributed by atoms with Gasteiger partial charge in [-0.25, -0.2) is 9.98 Å². The van der Waals surface area contributed by atoms with Crippen molar-refractivity contribution in [3.63, 3.8) is 0 Å². The monoisotopic (exact) mass is 393 g/mol. The largest absolute Gasteiger partial charge is 0.573 e. The molecule has 150 valence electrons. The van der Waals surface area contributed by atoms with Gasteiger partial charge in [-0.05, 0) is 49.1 Å². The van der Waals surface area contributed by atoms with E-state index in [0.717, 1.165) is 37.3 Å². The van der Waals surface area contributed by atoms with Crippen molar-refractivity contribution in [3.05, 3.63) is 48.2 Å². The Labute approximate surface area is 161 Å². The Balaban J connectivity index is 1.65. The molecular formula is C19H22F3N5O. The van der Waals surface area contributed by atoms with Crippen molar-refractivity contribution in [3.8, 4) is 5.75 Å². The third-order valence-electron chi connectivity index (χ3n) is 4.30. The molecule has 0 amide bonds. The normalized spacial score (nSPS) is 15.4. The van der Waals surface area contributed by atoms with E-state index in [-0.39, 0.29) is 23.9 Å². The van der Waals surface area contributed by atoms with Gasteiger partial charge in [0.1, 0.15) is 5.82 Å². The summed E-state index contributed by atoms with van der Waals surface area (Å²) < 4.78 is 41.5. The molecule has 9 heteroatoms. The van der Waals surface area contributed by atoms with Crippen molar-refractivity contribution in [1.82, 2.24) is 4.98 Å². The number of para-hydroxylation sites is 2. The lowest BCUT2D eigenvalue weighted by atomic mass is 10.1. The van der Waals surface area contributed by atoms with E-state index < -0.39 is 6.36 Å². The molecule has 2 heterocycles. The number of pyridine rings is 1. The molecule has 0 saturated carbocycles. The summed E-state index contributed by atoms with van der Waals surface area (Å²) in [6, 6.07) is 9.46. The fourth-order valence-corrected chi connectivity index (χ4v) is 2.99. The Kier molecular flexibility index (Phi) is 6.23. The Hall–Kier alpha value is -2.97. The molecule has 1 fully saturated rings. The van der Waals surface area contributed by atoms with E-state index in [1.54, 1.807) is 12.3 Å². The summed E-state index contributed by atoms with van der Waals surface area (Å²) in [5, 5.41) is 2.66. The van der Waals surface area contributed by atoms with E-state index in [2.05, 4.69) is 24.9 Å². The van der Waals surface area contributed by atoms with Crippen LogP contribution in [0, 0.1) is 0 Å². The molecule has 0 unspecified atom stereocenters. The number of halogens is 3. The van der Waals surface area contributed by atoms with E-state index in [4.69, 9.17) is 5.73 Å². The summed E-state index contributed by atoms with van der Waals surface area (Å²) in [7, 11) is 0. The number of piperidine rings is 1. The molecule has 3 rings (SSSR count). The zero-order chi connectivity index (χ0) is 20.0. The second kappa shape index (κ2) is 8.81. The SMILES string of the molecule is NC(=NCc1ccnc(N2CCCCC2)c1)Nc1ccccc1OC(F)(F)F. The lowest BCUT2D eigenvalue weighted by Crippen LogP contribution is -2.30. The molecule has 1 saturated heterocycles. The Morgan fingerprint density at radius 3 is 2.68 bits per heavy atom. The maximum absolute atomic E-state index is 12.5. The smallest absolute Gasteiger partial charge is 0.404 e. The minimum atomic E-state index is -4.79. The van der Waals surface area contributed by atoms with Crippen LogP contribution >= 0.6 is 0 Å². The van der Waals surface area contributed by atoms with Crippen LogP contribution in [-0.4, -0.2) is 30.4 Å².